The monoisotopic (exact) mass is 297 g/mol. The number of halogens is 1. The third-order valence-electron chi connectivity index (χ3n) is 3.32. The fourth-order valence-corrected chi connectivity index (χ4v) is 3.30. The van der Waals surface area contributed by atoms with Crippen LogP contribution in [0.3, 0.4) is 0 Å². The van der Waals surface area contributed by atoms with Gasteiger partial charge in [0.05, 0.1) is 6.10 Å². The van der Waals surface area contributed by atoms with Crippen LogP contribution in [0.15, 0.2) is 23.1 Å². The van der Waals surface area contributed by atoms with E-state index >= 15 is 0 Å². The van der Waals surface area contributed by atoms with Crippen molar-refractivity contribution in [3.8, 4) is 0 Å². The predicted molar refractivity (Wildman–Crippen MR) is 82.7 cm³/mol. The molecule has 112 valence electrons. The normalized spacial score (nSPS) is 19.5. The van der Waals surface area contributed by atoms with Gasteiger partial charge in [-0.05, 0) is 45.7 Å². The van der Waals surface area contributed by atoms with Gasteiger partial charge in [0.1, 0.15) is 5.82 Å². The van der Waals surface area contributed by atoms with E-state index in [-0.39, 0.29) is 11.4 Å². The average Bonchev–Trinajstić information content (AvgIpc) is 2.87. The second-order valence-corrected chi connectivity index (χ2v) is 7.33. The van der Waals surface area contributed by atoms with Gasteiger partial charge >= 0.3 is 0 Å². The Hall–Kier alpha value is -0.580. The van der Waals surface area contributed by atoms with Crippen molar-refractivity contribution in [3.05, 3.63) is 29.6 Å². The van der Waals surface area contributed by atoms with E-state index in [1.165, 1.54) is 6.07 Å². The van der Waals surface area contributed by atoms with Gasteiger partial charge in [-0.1, -0.05) is 6.07 Å². The van der Waals surface area contributed by atoms with Crippen LogP contribution in [-0.4, -0.2) is 24.0 Å². The topological polar surface area (TPSA) is 21.3 Å². The molecule has 20 heavy (non-hydrogen) atoms. The molecule has 0 bridgehead atoms. The lowest BCUT2D eigenvalue weighted by Crippen LogP contribution is -2.35. The number of hydrogen-bond donors (Lipinski definition) is 1. The highest BCUT2D eigenvalue weighted by atomic mass is 32.2. The predicted octanol–water partition coefficient (Wildman–Crippen LogP) is 3.98. The lowest BCUT2D eigenvalue weighted by Gasteiger charge is -2.22. The van der Waals surface area contributed by atoms with E-state index in [1.807, 2.05) is 6.07 Å². The maximum Gasteiger partial charge on any atom is 0.128 e. The highest BCUT2D eigenvalue weighted by Gasteiger charge is 2.18. The molecule has 2 nitrogen and oxygen atoms in total. The zero-order chi connectivity index (χ0) is 14.6. The number of nitrogens with one attached hydrogen (secondary N) is 1. The summed E-state index contributed by atoms with van der Waals surface area (Å²) in [7, 11) is 0. The maximum atomic E-state index is 14.0. The molecule has 1 fully saturated rings. The quantitative estimate of drug-likeness (QED) is 0.831. The van der Waals surface area contributed by atoms with Gasteiger partial charge in [-0.15, -0.1) is 11.8 Å². The number of benzene rings is 1. The first-order valence-corrected chi connectivity index (χ1v) is 8.21. The molecular formula is C16H24FNOS. The molecule has 1 unspecified atom stereocenters. The molecule has 0 aromatic heterocycles. The summed E-state index contributed by atoms with van der Waals surface area (Å²) in [6.45, 7) is 7.70. The summed E-state index contributed by atoms with van der Waals surface area (Å²) >= 11 is 1.70. The molecule has 1 saturated heterocycles. The van der Waals surface area contributed by atoms with Crippen molar-refractivity contribution in [3.63, 3.8) is 0 Å². The van der Waals surface area contributed by atoms with Crippen LogP contribution in [0.25, 0.3) is 0 Å². The molecule has 1 aromatic rings. The second kappa shape index (κ2) is 6.92. The van der Waals surface area contributed by atoms with Crippen molar-refractivity contribution in [2.75, 3.05) is 12.4 Å². The minimum Gasteiger partial charge on any atom is -0.377 e. The van der Waals surface area contributed by atoms with Crippen molar-refractivity contribution in [1.29, 1.82) is 0 Å². The van der Waals surface area contributed by atoms with Crippen molar-refractivity contribution >= 4 is 11.8 Å². The molecule has 1 aromatic carbocycles. The molecule has 0 saturated carbocycles. The Kier molecular flexibility index (Phi) is 5.47. The first-order valence-electron chi connectivity index (χ1n) is 7.22. The van der Waals surface area contributed by atoms with Gasteiger partial charge in [0.25, 0.3) is 0 Å². The van der Waals surface area contributed by atoms with Gasteiger partial charge in [-0.2, -0.15) is 0 Å². The first kappa shape index (κ1) is 15.8. The van der Waals surface area contributed by atoms with Crippen molar-refractivity contribution in [2.24, 2.45) is 0 Å². The minimum absolute atomic E-state index is 0.0151. The highest BCUT2D eigenvalue weighted by molar-refractivity contribution is 7.99. The summed E-state index contributed by atoms with van der Waals surface area (Å²) in [6.07, 6.45) is 2.59. The van der Waals surface area contributed by atoms with Gasteiger partial charge in [0.2, 0.25) is 0 Å². The molecule has 0 spiro atoms. The van der Waals surface area contributed by atoms with E-state index in [0.717, 1.165) is 35.7 Å². The third-order valence-corrected chi connectivity index (χ3v) is 4.55. The van der Waals surface area contributed by atoms with Crippen LogP contribution in [-0.2, 0) is 11.3 Å². The van der Waals surface area contributed by atoms with Crippen molar-refractivity contribution in [2.45, 2.75) is 56.7 Å². The van der Waals surface area contributed by atoms with Crippen LogP contribution < -0.4 is 5.32 Å². The van der Waals surface area contributed by atoms with Crippen molar-refractivity contribution < 1.29 is 9.13 Å². The van der Waals surface area contributed by atoms with Gasteiger partial charge in [-0.3, -0.25) is 0 Å². The number of thioether (sulfide) groups is 1. The molecule has 1 atom stereocenters. The third kappa shape index (κ3) is 4.76. The van der Waals surface area contributed by atoms with Crippen LogP contribution in [0.4, 0.5) is 4.39 Å². The van der Waals surface area contributed by atoms with Gasteiger partial charge in [-0.25, -0.2) is 4.39 Å². The summed E-state index contributed by atoms with van der Waals surface area (Å²) in [6, 6.07) is 5.33. The van der Waals surface area contributed by atoms with E-state index in [4.69, 9.17) is 4.74 Å². The Morgan fingerprint density at radius 3 is 2.85 bits per heavy atom. The SMILES string of the molecule is CC(C)(C)NCc1c(F)cccc1SCC1CCCO1. The molecule has 0 radical (unpaired) electrons. The lowest BCUT2D eigenvalue weighted by atomic mass is 10.1. The van der Waals surface area contributed by atoms with E-state index in [0.29, 0.717) is 12.6 Å². The Labute approximate surface area is 125 Å². The Balaban J connectivity index is 2.01. The lowest BCUT2D eigenvalue weighted by molar-refractivity contribution is 0.129. The fourth-order valence-electron chi connectivity index (χ4n) is 2.16. The largest absolute Gasteiger partial charge is 0.377 e. The van der Waals surface area contributed by atoms with Crippen molar-refractivity contribution in [1.82, 2.24) is 5.32 Å². The number of ether oxygens (including phenoxy) is 1. The molecule has 0 aliphatic carbocycles. The molecule has 1 N–H and O–H groups in total. The summed E-state index contributed by atoms with van der Waals surface area (Å²) in [5.41, 5.74) is 0.754. The Morgan fingerprint density at radius 2 is 2.20 bits per heavy atom. The number of rotatable bonds is 5. The number of hydrogen-bond acceptors (Lipinski definition) is 3. The zero-order valence-corrected chi connectivity index (χ0v) is 13.4. The van der Waals surface area contributed by atoms with E-state index in [2.05, 4.69) is 26.1 Å². The molecule has 1 heterocycles. The van der Waals surface area contributed by atoms with Crippen LogP contribution >= 0.6 is 11.8 Å². The van der Waals surface area contributed by atoms with Gasteiger partial charge < -0.3 is 10.1 Å². The van der Waals surface area contributed by atoms with Gasteiger partial charge in [0, 0.05) is 34.9 Å². The molecule has 0 amide bonds. The molecular weight excluding hydrogens is 273 g/mol. The first-order chi connectivity index (χ1) is 9.46. The molecule has 4 heteroatoms. The highest BCUT2D eigenvalue weighted by Crippen LogP contribution is 2.28. The smallest absolute Gasteiger partial charge is 0.128 e. The standard InChI is InChI=1S/C16H24FNOS/c1-16(2,3)18-10-13-14(17)7-4-8-15(13)20-11-12-6-5-9-19-12/h4,7-8,12,18H,5-6,9-11H2,1-3H3. The summed E-state index contributed by atoms with van der Waals surface area (Å²) < 4.78 is 19.7. The molecule has 2 rings (SSSR count). The maximum absolute atomic E-state index is 14.0. The van der Waals surface area contributed by atoms with Gasteiger partial charge in [0.15, 0.2) is 0 Å². The summed E-state index contributed by atoms with van der Waals surface area (Å²) in [5.74, 6) is 0.783. The summed E-state index contributed by atoms with van der Waals surface area (Å²) in [5, 5.41) is 3.36. The van der Waals surface area contributed by atoms with Crippen LogP contribution in [0.1, 0.15) is 39.2 Å². The Morgan fingerprint density at radius 1 is 1.40 bits per heavy atom. The fraction of sp³-hybridized carbons (Fsp3) is 0.625. The molecule has 1 aliphatic rings. The van der Waals surface area contributed by atoms with E-state index in [1.54, 1.807) is 17.8 Å². The minimum atomic E-state index is -0.126. The summed E-state index contributed by atoms with van der Waals surface area (Å²) in [4.78, 5) is 1.03. The van der Waals surface area contributed by atoms with Crippen LogP contribution in [0.5, 0.6) is 0 Å². The zero-order valence-electron chi connectivity index (χ0n) is 12.5. The Bertz CT molecular complexity index is 439. The van der Waals surface area contributed by atoms with E-state index in [9.17, 15) is 4.39 Å². The average molecular weight is 297 g/mol. The van der Waals surface area contributed by atoms with Crippen LogP contribution in [0, 0.1) is 5.82 Å². The molecule has 1 aliphatic heterocycles. The van der Waals surface area contributed by atoms with E-state index < -0.39 is 0 Å². The van der Waals surface area contributed by atoms with Crippen LogP contribution in [0.2, 0.25) is 0 Å². The second-order valence-electron chi connectivity index (χ2n) is 6.27.